The molecule has 32 heavy (non-hydrogen) atoms. The summed E-state index contributed by atoms with van der Waals surface area (Å²) in [4.78, 5) is 22.0. The van der Waals surface area contributed by atoms with E-state index in [1.165, 1.54) is 36.4 Å². The summed E-state index contributed by atoms with van der Waals surface area (Å²) in [7, 11) is -4.04. The first-order valence-electron chi connectivity index (χ1n) is 8.91. The zero-order chi connectivity index (χ0) is 23.6. The molecule has 2 amide bonds. The maximum atomic E-state index is 13.0. The number of nitrogens with one attached hydrogen (secondary N) is 1. The van der Waals surface area contributed by atoms with Crippen molar-refractivity contribution in [3.05, 3.63) is 70.2 Å². The van der Waals surface area contributed by atoms with Gasteiger partial charge in [0.25, 0.3) is 0 Å². The lowest BCUT2D eigenvalue weighted by Crippen LogP contribution is -2.29. The lowest BCUT2D eigenvalue weighted by molar-refractivity contribution is -0.134. The molecule has 0 atom stereocenters. The Balaban J connectivity index is 1.95. The van der Waals surface area contributed by atoms with Crippen molar-refractivity contribution in [3.8, 4) is 17.2 Å². The van der Waals surface area contributed by atoms with Crippen LogP contribution in [-0.2, 0) is 19.4 Å². The van der Waals surface area contributed by atoms with Gasteiger partial charge in [-0.25, -0.2) is 8.42 Å². The lowest BCUT2D eigenvalue weighted by atomic mass is 10.2. The van der Waals surface area contributed by atoms with E-state index in [9.17, 15) is 23.1 Å². The summed E-state index contributed by atoms with van der Waals surface area (Å²) in [6, 6.07) is 12.3. The first kappa shape index (κ1) is 23.4. The predicted molar refractivity (Wildman–Crippen MR) is 119 cm³/mol. The van der Waals surface area contributed by atoms with E-state index in [1.807, 2.05) is 6.92 Å². The van der Waals surface area contributed by atoms with E-state index in [2.05, 4.69) is 5.32 Å². The van der Waals surface area contributed by atoms with E-state index in [0.717, 1.165) is 11.6 Å². The molecular formula is C21H16Cl2N2O6S. The number of anilines is 1. The minimum Gasteiger partial charge on any atom is -0.507 e. The summed E-state index contributed by atoms with van der Waals surface area (Å²) < 4.78 is 31.6. The first-order valence-corrected chi connectivity index (χ1v) is 11.2. The number of phenolic OH excluding ortho intramolecular Hbond substituents is 1. The smallest absolute Gasteiger partial charge is 0.313 e. The Morgan fingerprint density at radius 2 is 1.59 bits per heavy atom. The van der Waals surface area contributed by atoms with Gasteiger partial charge in [-0.2, -0.15) is 0 Å². The van der Waals surface area contributed by atoms with E-state index in [1.54, 1.807) is 12.1 Å². The fraction of sp³-hybridized carbons (Fsp3) is 0.0476. The largest absolute Gasteiger partial charge is 0.507 e. The number of benzene rings is 3. The minimum absolute atomic E-state index is 0.00107. The van der Waals surface area contributed by atoms with Crippen LogP contribution >= 0.6 is 23.2 Å². The van der Waals surface area contributed by atoms with E-state index in [4.69, 9.17) is 33.7 Å². The van der Waals surface area contributed by atoms with Crippen LogP contribution in [0.15, 0.2) is 64.4 Å². The van der Waals surface area contributed by atoms with Crippen molar-refractivity contribution in [1.29, 1.82) is 0 Å². The van der Waals surface area contributed by atoms with Crippen LogP contribution in [-0.4, -0.2) is 25.3 Å². The molecule has 3 aromatic carbocycles. The number of nitrogens with two attached hydrogens (primary N) is 1. The molecule has 0 saturated heterocycles. The highest BCUT2D eigenvalue weighted by atomic mass is 35.5. The SMILES string of the molecule is Cc1ccc(S(=O)(=O)c2cc(Oc3c(Cl)cc(NC(=O)C(N)=O)cc3Cl)ccc2O)cc1. The molecular weight excluding hydrogens is 479 g/mol. The second kappa shape index (κ2) is 9.07. The number of amides is 2. The van der Waals surface area contributed by atoms with Crippen LogP contribution in [0.1, 0.15) is 5.56 Å². The topological polar surface area (TPSA) is 136 Å². The van der Waals surface area contributed by atoms with Gasteiger partial charge in [0.2, 0.25) is 9.84 Å². The Kier molecular flexibility index (Phi) is 6.63. The highest BCUT2D eigenvalue weighted by Gasteiger charge is 2.23. The number of aromatic hydroxyl groups is 1. The normalized spacial score (nSPS) is 11.1. The zero-order valence-electron chi connectivity index (χ0n) is 16.4. The molecule has 0 aliphatic rings. The van der Waals surface area contributed by atoms with Gasteiger partial charge < -0.3 is 20.9 Å². The molecule has 0 saturated carbocycles. The summed E-state index contributed by atoms with van der Waals surface area (Å²) in [6.45, 7) is 1.82. The fourth-order valence-electron chi connectivity index (χ4n) is 2.66. The van der Waals surface area contributed by atoms with E-state index >= 15 is 0 Å². The van der Waals surface area contributed by atoms with Gasteiger partial charge in [0.1, 0.15) is 16.4 Å². The third kappa shape index (κ3) is 4.96. The third-order valence-electron chi connectivity index (χ3n) is 4.25. The van der Waals surface area contributed by atoms with Crippen molar-refractivity contribution in [1.82, 2.24) is 0 Å². The number of phenols is 1. The number of hydrogen-bond acceptors (Lipinski definition) is 6. The summed E-state index contributed by atoms with van der Waals surface area (Å²) in [5.74, 6) is -2.71. The molecule has 0 aromatic heterocycles. The van der Waals surface area contributed by atoms with E-state index < -0.39 is 27.4 Å². The Bertz CT molecular complexity index is 1300. The Hall–Kier alpha value is -3.27. The van der Waals surface area contributed by atoms with Crippen molar-refractivity contribution in [2.45, 2.75) is 16.7 Å². The minimum atomic E-state index is -4.04. The van der Waals surface area contributed by atoms with Crippen LogP contribution in [0.4, 0.5) is 5.69 Å². The molecule has 0 bridgehead atoms. The Morgan fingerprint density at radius 3 is 2.16 bits per heavy atom. The van der Waals surface area contributed by atoms with Gasteiger partial charge in [-0.05, 0) is 43.3 Å². The fourth-order valence-corrected chi connectivity index (χ4v) is 4.58. The molecule has 8 nitrogen and oxygen atoms in total. The highest BCUT2D eigenvalue weighted by molar-refractivity contribution is 7.91. The number of primary amides is 1. The lowest BCUT2D eigenvalue weighted by Gasteiger charge is -2.14. The molecule has 0 radical (unpaired) electrons. The number of ether oxygens (including phenoxy) is 1. The molecule has 0 fully saturated rings. The standard InChI is InChI=1S/C21H16Cl2N2O6S/c1-11-2-5-14(6-3-11)32(29,30)18-10-13(4-7-17(18)26)31-19-15(22)8-12(9-16(19)23)25-21(28)20(24)27/h2-10,26H,1H3,(H2,24,27)(H,25,28). The maximum absolute atomic E-state index is 13.0. The van der Waals surface area contributed by atoms with Crippen molar-refractivity contribution in [3.63, 3.8) is 0 Å². The number of hydrogen-bond donors (Lipinski definition) is 3. The van der Waals surface area contributed by atoms with Crippen molar-refractivity contribution in [2.24, 2.45) is 5.73 Å². The van der Waals surface area contributed by atoms with Gasteiger partial charge >= 0.3 is 11.8 Å². The molecule has 4 N–H and O–H groups in total. The van der Waals surface area contributed by atoms with Crippen molar-refractivity contribution >= 4 is 50.5 Å². The summed E-state index contributed by atoms with van der Waals surface area (Å²) in [5.41, 5.74) is 5.87. The van der Waals surface area contributed by atoms with Gasteiger partial charge in [0.15, 0.2) is 5.75 Å². The molecule has 0 aliphatic heterocycles. The van der Waals surface area contributed by atoms with Gasteiger partial charge in [-0.1, -0.05) is 40.9 Å². The Labute approximate surface area is 193 Å². The number of carbonyl (C=O) groups excluding carboxylic acids is 2. The van der Waals surface area contributed by atoms with Crippen LogP contribution in [0, 0.1) is 6.92 Å². The average molecular weight is 495 g/mol. The molecule has 0 unspecified atom stereocenters. The Morgan fingerprint density at radius 1 is 1.00 bits per heavy atom. The quantitative estimate of drug-likeness (QED) is 0.457. The molecule has 0 heterocycles. The number of rotatable bonds is 5. The number of carbonyl (C=O) groups is 2. The average Bonchev–Trinajstić information content (AvgIpc) is 2.72. The van der Waals surface area contributed by atoms with Crippen molar-refractivity contribution < 1.29 is 27.9 Å². The number of sulfone groups is 1. The van der Waals surface area contributed by atoms with Gasteiger partial charge in [0.05, 0.1) is 14.9 Å². The number of aryl methyl sites for hydroxylation is 1. The predicted octanol–water partition coefficient (Wildman–Crippen LogP) is 4.06. The second-order valence-corrected chi connectivity index (χ2v) is 9.37. The third-order valence-corrected chi connectivity index (χ3v) is 6.61. The van der Waals surface area contributed by atoms with E-state index in [-0.39, 0.29) is 37.0 Å². The summed E-state index contributed by atoms with van der Waals surface area (Å²) in [6.07, 6.45) is 0. The zero-order valence-corrected chi connectivity index (χ0v) is 18.8. The molecule has 3 rings (SSSR count). The molecule has 0 spiro atoms. The van der Waals surface area contributed by atoms with Crippen LogP contribution in [0.3, 0.4) is 0 Å². The van der Waals surface area contributed by atoms with Gasteiger partial charge in [-0.15, -0.1) is 0 Å². The summed E-state index contributed by atoms with van der Waals surface area (Å²) in [5, 5.41) is 12.3. The van der Waals surface area contributed by atoms with Gasteiger partial charge in [0, 0.05) is 11.8 Å². The summed E-state index contributed by atoms with van der Waals surface area (Å²) >= 11 is 12.3. The van der Waals surface area contributed by atoms with Crippen LogP contribution in [0.25, 0.3) is 0 Å². The van der Waals surface area contributed by atoms with Crippen LogP contribution in [0.5, 0.6) is 17.2 Å². The highest BCUT2D eigenvalue weighted by Crippen LogP contribution is 2.40. The van der Waals surface area contributed by atoms with Crippen molar-refractivity contribution in [2.75, 3.05) is 5.32 Å². The monoisotopic (exact) mass is 494 g/mol. The van der Waals surface area contributed by atoms with Gasteiger partial charge in [-0.3, -0.25) is 9.59 Å². The molecule has 0 aliphatic carbocycles. The molecule has 11 heteroatoms. The first-order chi connectivity index (χ1) is 15.0. The maximum Gasteiger partial charge on any atom is 0.313 e. The van der Waals surface area contributed by atoms with Crippen LogP contribution in [0.2, 0.25) is 10.0 Å². The van der Waals surface area contributed by atoms with E-state index in [0.29, 0.717) is 0 Å². The molecule has 166 valence electrons. The molecule has 3 aromatic rings. The second-order valence-electron chi connectivity index (χ2n) is 6.64. The van der Waals surface area contributed by atoms with Crippen LogP contribution < -0.4 is 15.8 Å². The number of halogens is 2.